The lowest BCUT2D eigenvalue weighted by Crippen LogP contribution is -2.00. The van der Waals surface area contributed by atoms with E-state index in [9.17, 15) is 0 Å². The summed E-state index contributed by atoms with van der Waals surface area (Å²) in [5, 5.41) is 0.557. The summed E-state index contributed by atoms with van der Waals surface area (Å²) in [4.78, 5) is 3.90. The minimum absolute atomic E-state index is 0.341. The van der Waals surface area contributed by atoms with Gasteiger partial charge in [-0.2, -0.15) is 0 Å². The monoisotopic (exact) mass is 168 g/mol. The third-order valence-corrected chi connectivity index (χ3v) is 2.23. The Hall–Kier alpha value is -0.600. The molecule has 1 aliphatic rings. The third kappa shape index (κ3) is 1.37. The van der Waals surface area contributed by atoms with Gasteiger partial charge in [0.2, 0.25) is 0 Å². The first kappa shape index (κ1) is 7.07. The normalized spacial score (nSPS) is 28.5. The molecule has 1 heterocycles. The van der Waals surface area contributed by atoms with Gasteiger partial charge in [-0.05, 0) is 24.1 Å². The van der Waals surface area contributed by atoms with Gasteiger partial charge in [-0.1, -0.05) is 11.6 Å². The van der Waals surface area contributed by atoms with Crippen molar-refractivity contribution in [3.63, 3.8) is 0 Å². The fourth-order valence-corrected chi connectivity index (χ4v) is 1.43. The van der Waals surface area contributed by atoms with Crippen LogP contribution in [-0.2, 0) is 0 Å². The van der Waals surface area contributed by atoms with Crippen molar-refractivity contribution in [1.29, 1.82) is 0 Å². The Labute approximate surface area is 70.4 Å². The van der Waals surface area contributed by atoms with Crippen LogP contribution in [0, 0.1) is 0 Å². The summed E-state index contributed by atoms with van der Waals surface area (Å²) in [5.41, 5.74) is 6.90. The Morgan fingerprint density at radius 1 is 1.64 bits per heavy atom. The Morgan fingerprint density at radius 3 is 2.91 bits per heavy atom. The molecule has 2 unspecified atom stereocenters. The second-order valence-corrected chi connectivity index (χ2v) is 3.31. The lowest BCUT2D eigenvalue weighted by Gasteiger charge is -1.96. The topological polar surface area (TPSA) is 38.9 Å². The van der Waals surface area contributed by atoms with E-state index >= 15 is 0 Å². The Morgan fingerprint density at radius 2 is 2.36 bits per heavy atom. The van der Waals surface area contributed by atoms with E-state index in [0.29, 0.717) is 17.1 Å². The van der Waals surface area contributed by atoms with Gasteiger partial charge in [0, 0.05) is 18.2 Å². The van der Waals surface area contributed by atoms with Crippen molar-refractivity contribution in [2.75, 3.05) is 0 Å². The fraction of sp³-hybridized carbons (Fsp3) is 0.375. The third-order valence-electron chi connectivity index (χ3n) is 2.02. The number of nitrogens with two attached hydrogens (primary N) is 1. The predicted molar refractivity (Wildman–Crippen MR) is 44.6 cm³/mol. The highest BCUT2D eigenvalue weighted by Gasteiger charge is 2.34. The zero-order chi connectivity index (χ0) is 7.84. The quantitative estimate of drug-likeness (QED) is 0.647. The van der Waals surface area contributed by atoms with Crippen molar-refractivity contribution in [3.05, 3.63) is 29.0 Å². The van der Waals surface area contributed by atoms with Gasteiger partial charge in [0.05, 0.1) is 0 Å². The molecule has 1 aliphatic carbocycles. The van der Waals surface area contributed by atoms with Gasteiger partial charge in [-0.25, -0.2) is 4.98 Å². The van der Waals surface area contributed by atoms with E-state index in [-0.39, 0.29) is 0 Å². The van der Waals surface area contributed by atoms with Crippen LogP contribution in [0.3, 0.4) is 0 Å². The number of hydrogen-bond acceptors (Lipinski definition) is 2. The summed E-state index contributed by atoms with van der Waals surface area (Å²) in [5.74, 6) is 0.524. The van der Waals surface area contributed by atoms with Crippen LogP contribution in [0.25, 0.3) is 0 Å². The molecule has 1 aromatic rings. The molecule has 11 heavy (non-hydrogen) atoms. The van der Waals surface area contributed by atoms with Gasteiger partial charge < -0.3 is 5.73 Å². The van der Waals surface area contributed by atoms with Crippen molar-refractivity contribution in [2.45, 2.75) is 18.4 Å². The molecule has 0 amide bonds. The average Bonchev–Trinajstić information content (AvgIpc) is 2.67. The molecule has 0 aliphatic heterocycles. The van der Waals surface area contributed by atoms with Crippen LogP contribution in [0.4, 0.5) is 0 Å². The molecular formula is C8H9ClN2. The predicted octanol–water partition coefficient (Wildman–Crippen LogP) is 1.55. The molecule has 2 rings (SSSR count). The molecule has 0 radical (unpaired) electrons. The maximum Gasteiger partial charge on any atom is 0.129 e. The Balaban J connectivity index is 2.25. The van der Waals surface area contributed by atoms with Crippen LogP contribution in [-0.4, -0.2) is 11.0 Å². The number of rotatable bonds is 1. The first-order valence-electron chi connectivity index (χ1n) is 3.64. The number of pyridine rings is 1. The minimum atomic E-state index is 0.341. The van der Waals surface area contributed by atoms with Crippen LogP contribution in [0.5, 0.6) is 0 Å². The number of halogens is 1. The van der Waals surface area contributed by atoms with Gasteiger partial charge in [0.25, 0.3) is 0 Å². The summed E-state index contributed by atoms with van der Waals surface area (Å²) in [6.07, 6.45) is 2.81. The molecule has 1 saturated carbocycles. The van der Waals surface area contributed by atoms with Crippen molar-refractivity contribution in [2.24, 2.45) is 5.73 Å². The molecule has 2 N–H and O–H groups in total. The molecule has 2 nitrogen and oxygen atoms in total. The summed E-state index contributed by atoms with van der Waals surface area (Å²) in [7, 11) is 0. The summed E-state index contributed by atoms with van der Waals surface area (Å²) in [6.45, 7) is 0. The highest BCUT2D eigenvalue weighted by molar-refractivity contribution is 6.29. The van der Waals surface area contributed by atoms with E-state index in [1.165, 1.54) is 5.56 Å². The molecule has 58 valence electrons. The first-order valence-corrected chi connectivity index (χ1v) is 4.02. The maximum atomic E-state index is 5.71. The van der Waals surface area contributed by atoms with Gasteiger partial charge in [-0.3, -0.25) is 0 Å². The molecule has 0 spiro atoms. The van der Waals surface area contributed by atoms with Crippen LogP contribution in [0.15, 0.2) is 18.3 Å². The van der Waals surface area contributed by atoms with Crippen molar-refractivity contribution >= 4 is 11.6 Å². The van der Waals surface area contributed by atoms with Crippen molar-refractivity contribution in [3.8, 4) is 0 Å². The van der Waals surface area contributed by atoms with Crippen LogP contribution in [0.1, 0.15) is 17.9 Å². The largest absolute Gasteiger partial charge is 0.327 e. The first-order chi connectivity index (χ1) is 5.27. The Kier molecular flexibility index (Phi) is 1.59. The molecule has 1 fully saturated rings. The second-order valence-electron chi connectivity index (χ2n) is 2.92. The van der Waals surface area contributed by atoms with E-state index < -0.39 is 0 Å². The van der Waals surface area contributed by atoms with Gasteiger partial charge >= 0.3 is 0 Å². The Bertz CT molecular complexity index is 275. The second kappa shape index (κ2) is 2.47. The molecule has 3 heteroatoms. The number of nitrogens with zero attached hydrogens (tertiary/aromatic N) is 1. The van der Waals surface area contributed by atoms with E-state index in [1.54, 1.807) is 6.20 Å². The zero-order valence-electron chi connectivity index (χ0n) is 6.00. The van der Waals surface area contributed by atoms with E-state index in [4.69, 9.17) is 17.3 Å². The number of hydrogen-bond donors (Lipinski definition) is 1. The van der Waals surface area contributed by atoms with Crippen LogP contribution in [0.2, 0.25) is 5.15 Å². The lowest BCUT2D eigenvalue weighted by atomic mass is 10.2. The summed E-state index contributed by atoms with van der Waals surface area (Å²) >= 11 is 5.71. The van der Waals surface area contributed by atoms with Gasteiger partial charge in [0.15, 0.2) is 0 Å². The van der Waals surface area contributed by atoms with E-state index in [0.717, 1.165) is 6.42 Å². The number of aromatic nitrogens is 1. The summed E-state index contributed by atoms with van der Waals surface area (Å²) in [6, 6.07) is 4.20. The highest BCUT2D eigenvalue weighted by Crippen LogP contribution is 2.39. The van der Waals surface area contributed by atoms with Crippen molar-refractivity contribution in [1.82, 2.24) is 4.98 Å². The minimum Gasteiger partial charge on any atom is -0.327 e. The van der Waals surface area contributed by atoms with E-state index in [2.05, 4.69) is 4.98 Å². The fourth-order valence-electron chi connectivity index (χ4n) is 1.25. The molecular weight excluding hydrogens is 160 g/mol. The van der Waals surface area contributed by atoms with Crippen LogP contribution < -0.4 is 5.73 Å². The lowest BCUT2D eigenvalue weighted by molar-refractivity contribution is 0.986. The highest BCUT2D eigenvalue weighted by atomic mass is 35.5. The molecule has 0 bridgehead atoms. The van der Waals surface area contributed by atoms with Gasteiger partial charge in [0.1, 0.15) is 5.15 Å². The van der Waals surface area contributed by atoms with E-state index in [1.807, 2.05) is 12.1 Å². The smallest absolute Gasteiger partial charge is 0.129 e. The molecule has 1 aromatic heterocycles. The maximum absolute atomic E-state index is 5.71. The standard InChI is InChI=1S/C8H9ClN2/c9-8-3-5(1-2-11-8)6-4-7(6)10/h1-3,6-7H,4,10H2. The van der Waals surface area contributed by atoms with Crippen molar-refractivity contribution < 1.29 is 0 Å². The molecule has 2 atom stereocenters. The SMILES string of the molecule is NC1CC1c1ccnc(Cl)c1. The van der Waals surface area contributed by atoms with Crippen LogP contribution >= 0.6 is 11.6 Å². The van der Waals surface area contributed by atoms with Gasteiger partial charge in [-0.15, -0.1) is 0 Å². The zero-order valence-corrected chi connectivity index (χ0v) is 6.75. The average molecular weight is 169 g/mol. The molecule has 0 saturated heterocycles. The molecule has 0 aromatic carbocycles. The summed E-state index contributed by atoms with van der Waals surface area (Å²) < 4.78 is 0.